The van der Waals surface area contributed by atoms with Crippen LogP contribution < -0.4 is 5.32 Å². The summed E-state index contributed by atoms with van der Waals surface area (Å²) in [6.07, 6.45) is 2.03. The van der Waals surface area contributed by atoms with Crippen LogP contribution in [-0.4, -0.2) is 22.9 Å². The lowest BCUT2D eigenvalue weighted by Crippen LogP contribution is -2.30. The van der Waals surface area contributed by atoms with Crippen LogP contribution in [0, 0.1) is 6.92 Å². The Morgan fingerprint density at radius 2 is 2.28 bits per heavy atom. The number of rotatable bonds is 5. The van der Waals surface area contributed by atoms with Crippen molar-refractivity contribution < 1.29 is 0 Å². The number of likely N-dealkylation sites (N-methyl/N-ethyl adjacent to an activating group) is 1. The summed E-state index contributed by atoms with van der Waals surface area (Å²) in [5.74, 6) is 0. The van der Waals surface area contributed by atoms with Crippen molar-refractivity contribution in [1.29, 1.82) is 0 Å². The predicted molar refractivity (Wildman–Crippen MR) is 80.2 cm³/mol. The van der Waals surface area contributed by atoms with Crippen molar-refractivity contribution in [3.8, 4) is 0 Å². The van der Waals surface area contributed by atoms with Crippen LogP contribution in [0.25, 0.3) is 0 Å². The van der Waals surface area contributed by atoms with Crippen molar-refractivity contribution in [1.82, 2.24) is 15.1 Å². The highest BCUT2D eigenvalue weighted by Gasteiger charge is 2.16. The molecule has 2 rings (SSSR count). The normalized spacial score (nSPS) is 12.9. The van der Waals surface area contributed by atoms with Gasteiger partial charge in [-0.15, -0.1) is 0 Å². The molecule has 5 heteroatoms. The monoisotopic (exact) mass is 327 g/mol. The Morgan fingerprint density at radius 1 is 1.50 bits per heavy atom. The first kappa shape index (κ1) is 13.8. The highest BCUT2D eigenvalue weighted by Crippen LogP contribution is 2.22. The molecular formula is C13H18BrN3S. The Bertz CT molecular complexity index is 505. The maximum Gasteiger partial charge on any atom is 0.0738 e. The summed E-state index contributed by atoms with van der Waals surface area (Å²) in [7, 11) is 4.03. The van der Waals surface area contributed by atoms with Gasteiger partial charge in [-0.2, -0.15) is 16.4 Å². The molecule has 0 saturated carbocycles. The molecule has 2 aromatic rings. The SMILES string of the molecule is CNC(Cc1ccsc1)Cc1c(Br)c(C)nn1C. The van der Waals surface area contributed by atoms with Crippen molar-refractivity contribution in [3.05, 3.63) is 38.3 Å². The Balaban J connectivity index is 2.10. The van der Waals surface area contributed by atoms with E-state index in [-0.39, 0.29) is 0 Å². The Kier molecular flexibility index (Phi) is 4.59. The zero-order valence-electron chi connectivity index (χ0n) is 10.9. The van der Waals surface area contributed by atoms with Crippen LogP contribution in [0.1, 0.15) is 17.0 Å². The van der Waals surface area contributed by atoms with E-state index in [4.69, 9.17) is 0 Å². The van der Waals surface area contributed by atoms with Gasteiger partial charge in [0, 0.05) is 19.5 Å². The average Bonchev–Trinajstić information content (AvgIpc) is 2.92. The molecule has 0 bridgehead atoms. The standard InChI is InChI=1S/C13H18BrN3S/c1-9-13(14)12(17(3)16-9)7-11(15-2)6-10-4-5-18-8-10/h4-5,8,11,15H,6-7H2,1-3H3. The van der Waals surface area contributed by atoms with Gasteiger partial charge in [0.05, 0.1) is 15.9 Å². The van der Waals surface area contributed by atoms with Gasteiger partial charge in [-0.25, -0.2) is 0 Å². The van der Waals surface area contributed by atoms with Crippen LogP contribution in [0.5, 0.6) is 0 Å². The van der Waals surface area contributed by atoms with Crippen molar-refractivity contribution in [2.24, 2.45) is 7.05 Å². The number of thiophene rings is 1. The summed E-state index contributed by atoms with van der Waals surface area (Å²) in [6, 6.07) is 2.63. The van der Waals surface area contributed by atoms with Gasteiger partial charge in [-0.05, 0) is 58.7 Å². The van der Waals surface area contributed by atoms with E-state index in [1.807, 2.05) is 25.7 Å². The van der Waals surface area contributed by atoms with Crippen LogP contribution in [0.15, 0.2) is 21.3 Å². The molecule has 0 aliphatic heterocycles. The van der Waals surface area contributed by atoms with Gasteiger partial charge in [0.25, 0.3) is 0 Å². The van der Waals surface area contributed by atoms with E-state index in [1.54, 1.807) is 11.3 Å². The molecule has 3 nitrogen and oxygen atoms in total. The van der Waals surface area contributed by atoms with Gasteiger partial charge >= 0.3 is 0 Å². The van der Waals surface area contributed by atoms with Crippen molar-refractivity contribution in [3.63, 3.8) is 0 Å². The average molecular weight is 328 g/mol. The largest absolute Gasteiger partial charge is 0.316 e. The van der Waals surface area contributed by atoms with E-state index in [0.717, 1.165) is 23.0 Å². The first-order valence-electron chi connectivity index (χ1n) is 5.98. The predicted octanol–water partition coefficient (Wildman–Crippen LogP) is 2.93. The molecule has 2 aromatic heterocycles. The number of aromatic nitrogens is 2. The van der Waals surface area contributed by atoms with Crippen molar-refractivity contribution in [2.75, 3.05) is 7.05 Å². The summed E-state index contributed by atoms with van der Waals surface area (Å²) in [5.41, 5.74) is 3.70. The Labute approximate surface area is 120 Å². The molecule has 0 aromatic carbocycles. The van der Waals surface area contributed by atoms with Gasteiger partial charge in [0.2, 0.25) is 0 Å². The van der Waals surface area contributed by atoms with Gasteiger partial charge in [0.1, 0.15) is 0 Å². The van der Waals surface area contributed by atoms with Crippen LogP contribution in [0.3, 0.4) is 0 Å². The molecule has 0 amide bonds. The quantitative estimate of drug-likeness (QED) is 0.915. The molecule has 1 N–H and O–H groups in total. The number of aryl methyl sites for hydroxylation is 2. The zero-order chi connectivity index (χ0) is 13.1. The van der Waals surface area contributed by atoms with E-state index in [0.29, 0.717) is 6.04 Å². The molecule has 1 unspecified atom stereocenters. The van der Waals surface area contributed by atoms with Gasteiger partial charge in [0.15, 0.2) is 0 Å². The fourth-order valence-corrected chi connectivity index (χ4v) is 3.28. The summed E-state index contributed by atoms with van der Waals surface area (Å²) in [5, 5.41) is 12.2. The minimum Gasteiger partial charge on any atom is -0.316 e. The number of nitrogens with one attached hydrogen (secondary N) is 1. The lowest BCUT2D eigenvalue weighted by atomic mass is 10.0. The lowest BCUT2D eigenvalue weighted by Gasteiger charge is -2.16. The second-order valence-corrected chi connectivity index (χ2v) is 6.07. The van der Waals surface area contributed by atoms with E-state index in [2.05, 4.69) is 43.2 Å². The molecule has 98 valence electrons. The van der Waals surface area contributed by atoms with Crippen LogP contribution in [0.2, 0.25) is 0 Å². The smallest absolute Gasteiger partial charge is 0.0738 e. The fraction of sp³-hybridized carbons (Fsp3) is 0.462. The highest BCUT2D eigenvalue weighted by molar-refractivity contribution is 9.10. The highest BCUT2D eigenvalue weighted by atomic mass is 79.9. The van der Waals surface area contributed by atoms with Crippen LogP contribution in [0.4, 0.5) is 0 Å². The summed E-state index contributed by atoms with van der Waals surface area (Å²) in [6.45, 7) is 2.03. The first-order chi connectivity index (χ1) is 8.61. The van der Waals surface area contributed by atoms with Gasteiger partial charge in [-0.3, -0.25) is 4.68 Å². The van der Waals surface area contributed by atoms with Crippen LogP contribution >= 0.6 is 27.3 Å². The fourth-order valence-electron chi connectivity index (χ4n) is 2.10. The van der Waals surface area contributed by atoms with Crippen molar-refractivity contribution >= 4 is 27.3 Å². The summed E-state index contributed by atoms with van der Waals surface area (Å²) >= 11 is 5.38. The summed E-state index contributed by atoms with van der Waals surface area (Å²) in [4.78, 5) is 0. The molecule has 0 aliphatic rings. The molecule has 0 spiro atoms. The number of hydrogen-bond acceptors (Lipinski definition) is 3. The number of hydrogen-bond donors (Lipinski definition) is 1. The molecule has 0 saturated heterocycles. The maximum atomic E-state index is 4.44. The van der Waals surface area contributed by atoms with Crippen molar-refractivity contribution in [2.45, 2.75) is 25.8 Å². The molecule has 2 heterocycles. The lowest BCUT2D eigenvalue weighted by molar-refractivity contribution is 0.533. The first-order valence-corrected chi connectivity index (χ1v) is 7.71. The molecule has 18 heavy (non-hydrogen) atoms. The second-order valence-electron chi connectivity index (χ2n) is 4.50. The maximum absolute atomic E-state index is 4.44. The second kappa shape index (κ2) is 5.99. The molecule has 0 radical (unpaired) electrons. The Morgan fingerprint density at radius 3 is 2.78 bits per heavy atom. The van der Waals surface area contributed by atoms with Gasteiger partial charge < -0.3 is 5.32 Å². The zero-order valence-corrected chi connectivity index (χ0v) is 13.3. The topological polar surface area (TPSA) is 29.9 Å². The van der Waals surface area contributed by atoms with Gasteiger partial charge in [-0.1, -0.05) is 0 Å². The molecular weight excluding hydrogens is 310 g/mol. The van der Waals surface area contributed by atoms with E-state index >= 15 is 0 Å². The van der Waals surface area contributed by atoms with E-state index in [1.165, 1.54) is 11.3 Å². The molecule has 0 aliphatic carbocycles. The third kappa shape index (κ3) is 3.02. The minimum atomic E-state index is 0.436. The Hall–Kier alpha value is -0.650. The summed E-state index contributed by atoms with van der Waals surface area (Å²) < 4.78 is 3.10. The van der Waals surface area contributed by atoms with Crippen LogP contribution in [-0.2, 0) is 19.9 Å². The molecule has 0 fully saturated rings. The third-order valence-corrected chi connectivity index (χ3v) is 4.94. The van der Waals surface area contributed by atoms with E-state index < -0.39 is 0 Å². The third-order valence-electron chi connectivity index (χ3n) is 3.17. The molecule has 1 atom stereocenters. The van der Waals surface area contributed by atoms with E-state index in [9.17, 15) is 0 Å². The number of halogens is 1. The minimum absolute atomic E-state index is 0.436. The number of nitrogens with zero attached hydrogens (tertiary/aromatic N) is 2.